The topological polar surface area (TPSA) is 38.8 Å². The van der Waals surface area contributed by atoms with E-state index in [1.165, 1.54) is 32.6 Å². The summed E-state index contributed by atoms with van der Waals surface area (Å²) in [5.74, 6) is 5.00. The van der Waals surface area contributed by atoms with Gasteiger partial charge in [-0.25, -0.2) is 0 Å². The van der Waals surface area contributed by atoms with Gasteiger partial charge in [0.1, 0.15) is 17.8 Å². The molecule has 1 heterocycles. The summed E-state index contributed by atoms with van der Waals surface area (Å²) >= 11 is 0. The SMILES string of the molecule is C#CC1O[C@]12CC[C@H]1[C@@H]3CC=C4C[C@@H](OC(C)=O)CC[C@]4(C)[C@H]3CC[C@@]12C. The predicted octanol–water partition coefficient (Wildman–Crippen LogP) is 4.65. The lowest BCUT2D eigenvalue weighted by Crippen LogP contribution is -2.52. The fraction of sp³-hybridized carbons (Fsp3) is 0.792. The normalized spacial score (nSPS) is 52.8. The first-order valence-corrected chi connectivity index (χ1v) is 10.8. The molecule has 4 fully saturated rings. The molecule has 3 heteroatoms. The molecule has 0 aromatic heterocycles. The molecule has 0 aromatic carbocycles. The van der Waals surface area contributed by atoms with Crippen molar-refractivity contribution in [1.82, 2.24) is 0 Å². The molecule has 0 bridgehead atoms. The van der Waals surface area contributed by atoms with Crippen LogP contribution in [0.15, 0.2) is 11.6 Å². The molecule has 146 valence electrons. The highest BCUT2D eigenvalue weighted by Crippen LogP contribution is 2.72. The Morgan fingerprint density at radius 1 is 1.22 bits per heavy atom. The number of esters is 1. The van der Waals surface area contributed by atoms with Gasteiger partial charge in [-0.05, 0) is 68.1 Å². The molecule has 0 N–H and O–H groups in total. The molecule has 1 aliphatic heterocycles. The molecule has 27 heavy (non-hydrogen) atoms. The van der Waals surface area contributed by atoms with Crippen LogP contribution in [0.5, 0.6) is 0 Å². The molecule has 1 unspecified atom stereocenters. The van der Waals surface area contributed by atoms with Gasteiger partial charge in [-0.2, -0.15) is 0 Å². The molecule has 0 amide bonds. The monoisotopic (exact) mass is 368 g/mol. The number of hydrogen-bond donors (Lipinski definition) is 0. The van der Waals surface area contributed by atoms with Crippen LogP contribution < -0.4 is 0 Å². The zero-order valence-corrected chi connectivity index (χ0v) is 16.9. The number of hydrogen-bond acceptors (Lipinski definition) is 3. The highest BCUT2D eigenvalue weighted by Gasteiger charge is 2.74. The van der Waals surface area contributed by atoms with Crippen molar-refractivity contribution in [2.45, 2.75) is 89.9 Å². The molecule has 3 saturated carbocycles. The minimum atomic E-state index is -0.143. The number of ether oxygens (including phenoxy) is 2. The molecule has 5 rings (SSSR count). The number of epoxide rings is 1. The second-order valence-corrected chi connectivity index (χ2v) is 10.3. The summed E-state index contributed by atoms with van der Waals surface area (Å²) in [7, 11) is 0. The summed E-state index contributed by atoms with van der Waals surface area (Å²) in [4.78, 5) is 11.4. The van der Waals surface area contributed by atoms with Crippen LogP contribution in [-0.4, -0.2) is 23.8 Å². The van der Waals surface area contributed by atoms with Gasteiger partial charge < -0.3 is 9.47 Å². The van der Waals surface area contributed by atoms with Crippen molar-refractivity contribution in [1.29, 1.82) is 0 Å². The number of terminal acetylenes is 1. The van der Waals surface area contributed by atoms with E-state index in [4.69, 9.17) is 15.9 Å². The number of rotatable bonds is 1. The summed E-state index contributed by atoms with van der Waals surface area (Å²) in [5.41, 5.74) is 2.07. The summed E-state index contributed by atoms with van der Waals surface area (Å²) in [6.07, 6.45) is 17.6. The molecule has 5 aliphatic rings. The average molecular weight is 369 g/mol. The zero-order chi connectivity index (χ0) is 19.0. The average Bonchev–Trinajstić information content (AvgIpc) is 3.27. The number of allylic oxidation sites excluding steroid dienone is 1. The smallest absolute Gasteiger partial charge is 0.302 e. The molecule has 3 nitrogen and oxygen atoms in total. The van der Waals surface area contributed by atoms with Crippen molar-refractivity contribution in [3.8, 4) is 12.3 Å². The lowest BCUT2D eigenvalue weighted by Gasteiger charge is -2.57. The van der Waals surface area contributed by atoms with Crippen LogP contribution in [-0.2, 0) is 14.3 Å². The van der Waals surface area contributed by atoms with Crippen LogP contribution in [0.2, 0.25) is 0 Å². The molecule has 0 radical (unpaired) electrons. The third kappa shape index (κ3) is 2.23. The van der Waals surface area contributed by atoms with Gasteiger partial charge in [0.25, 0.3) is 0 Å². The van der Waals surface area contributed by atoms with E-state index >= 15 is 0 Å². The Labute approximate surface area is 163 Å². The fourth-order valence-corrected chi connectivity index (χ4v) is 7.97. The van der Waals surface area contributed by atoms with Gasteiger partial charge in [-0.15, -0.1) is 6.42 Å². The number of fused-ring (bicyclic) bond motifs is 6. The van der Waals surface area contributed by atoms with Crippen LogP contribution in [0.25, 0.3) is 0 Å². The maximum atomic E-state index is 11.4. The molecule has 0 aromatic rings. The Morgan fingerprint density at radius 2 is 2.00 bits per heavy atom. The zero-order valence-electron chi connectivity index (χ0n) is 16.9. The minimum absolute atomic E-state index is 0.0186. The molecule has 4 aliphatic carbocycles. The van der Waals surface area contributed by atoms with E-state index in [9.17, 15) is 4.79 Å². The standard InChI is InChI=1S/C24H32O3/c1-5-21-24(27-21)13-10-20-18-7-6-16-14-17(26-15(2)25)8-11-22(16,3)19(18)9-12-23(20,24)4/h1,6,17-21H,7-14H2,2-4H3/t17-,18+,19-,20-,21?,22-,23-,24+/m0/s1. The maximum absolute atomic E-state index is 11.4. The van der Waals surface area contributed by atoms with Crippen LogP contribution in [0, 0.1) is 40.9 Å². The van der Waals surface area contributed by atoms with Gasteiger partial charge in [-0.1, -0.05) is 31.4 Å². The van der Waals surface area contributed by atoms with Gasteiger partial charge >= 0.3 is 5.97 Å². The third-order valence-corrected chi connectivity index (χ3v) is 9.42. The highest BCUT2D eigenvalue weighted by atomic mass is 16.6. The Balaban J connectivity index is 1.41. The fourth-order valence-electron chi connectivity index (χ4n) is 7.97. The summed E-state index contributed by atoms with van der Waals surface area (Å²) in [5, 5.41) is 0. The molecule has 1 spiro atoms. The largest absolute Gasteiger partial charge is 0.462 e. The van der Waals surface area contributed by atoms with Crippen LogP contribution in [0.3, 0.4) is 0 Å². The van der Waals surface area contributed by atoms with E-state index in [-0.39, 0.29) is 34.6 Å². The molecular formula is C24H32O3. The van der Waals surface area contributed by atoms with E-state index in [1.807, 2.05) is 0 Å². The van der Waals surface area contributed by atoms with E-state index in [0.717, 1.165) is 43.4 Å². The maximum Gasteiger partial charge on any atom is 0.302 e. The Morgan fingerprint density at radius 3 is 2.70 bits per heavy atom. The van der Waals surface area contributed by atoms with Crippen molar-refractivity contribution in [2.75, 3.05) is 0 Å². The van der Waals surface area contributed by atoms with Gasteiger partial charge in [0, 0.05) is 18.8 Å². The summed E-state index contributed by atoms with van der Waals surface area (Å²) in [6.45, 7) is 6.49. The van der Waals surface area contributed by atoms with E-state index in [1.54, 1.807) is 5.57 Å². The van der Waals surface area contributed by atoms with Gasteiger partial charge in [0.2, 0.25) is 0 Å². The molecular weight excluding hydrogens is 336 g/mol. The number of carbonyl (C=O) groups excluding carboxylic acids is 1. The first-order chi connectivity index (χ1) is 12.8. The summed E-state index contributed by atoms with van der Waals surface area (Å²) < 4.78 is 11.7. The van der Waals surface area contributed by atoms with Gasteiger partial charge in [0.15, 0.2) is 0 Å². The first-order valence-electron chi connectivity index (χ1n) is 10.8. The Kier molecular flexibility index (Phi) is 3.71. The van der Waals surface area contributed by atoms with Crippen molar-refractivity contribution in [3.63, 3.8) is 0 Å². The van der Waals surface area contributed by atoms with E-state index < -0.39 is 0 Å². The lowest BCUT2D eigenvalue weighted by atomic mass is 9.47. The van der Waals surface area contributed by atoms with E-state index in [2.05, 4.69) is 25.8 Å². The van der Waals surface area contributed by atoms with Gasteiger partial charge in [0.05, 0.1) is 0 Å². The molecule has 1 saturated heterocycles. The van der Waals surface area contributed by atoms with Crippen LogP contribution >= 0.6 is 0 Å². The second kappa shape index (κ2) is 5.63. The Hall–Kier alpha value is -1.27. The van der Waals surface area contributed by atoms with Crippen molar-refractivity contribution in [2.24, 2.45) is 28.6 Å². The number of carbonyl (C=O) groups is 1. The first kappa shape index (κ1) is 17.8. The molecule has 8 atom stereocenters. The lowest BCUT2D eigenvalue weighted by molar-refractivity contribution is -0.148. The van der Waals surface area contributed by atoms with Gasteiger partial charge in [-0.3, -0.25) is 4.79 Å². The predicted molar refractivity (Wildman–Crippen MR) is 104 cm³/mol. The van der Waals surface area contributed by atoms with Crippen LogP contribution in [0.1, 0.15) is 72.1 Å². The summed E-state index contributed by atoms with van der Waals surface area (Å²) in [6, 6.07) is 0. The second-order valence-electron chi connectivity index (χ2n) is 10.3. The van der Waals surface area contributed by atoms with Crippen molar-refractivity contribution < 1.29 is 14.3 Å². The van der Waals surface area contributed by atoms with Crippen molar-refractivity contribution >= 4 is 5.97 Å². The quantitative estimate of drug-likeness (QED) is 0.293. The van der Waals surface area contributed by atoms with E-state index in [0.29, 0.717) is 0 Å². The third-order valence-electron chi connectivity index (χ3n) is 9.42. The minimum Gasteiger partial charge on any atom is -0.462 e. The van der Waals surface area contributed by atoms with Crippen molar-refractivity contribution in [3.05, 3.63) is 11.6 Å². The highest BCUT2D eigenvalue weighted by molar-refractivity contribution is 5.66. The van der Waals surface area contributed by atoms with Crippen LogP contribution in [0.4, 0.5) is 0 Å². The Bertz CT molecular complexity index is 747.